The molecule has 6 heteroatoms. The number of ether oxygens (including phenoxy) is 1. The van der Waals surface area contributed by atoms with Gasteiger partial charge in [0.2, 0.25) is 5.91 Å². The van der Waals surface area contributed by atoms with E-state index < -0.39 is 12.1 Å². The van der Waals surface area contributed by atoms with E-state index in [0.29, 0.717) is 19.4 Å². The quantitative estimate of drug-likeness (QED) is 0.0325. The molecule has 6 nitrogen and oxygen atoms in total. The summed E-state index contributed by atoms with van der Waals surface area (Å²) in [6, 6.07) is -0.646. The zero-order chi connectivity index (χ0) is 40.1. The monoisotopic (exact) mass is 776 g/mol. The molecule has 2 atom stereocenters. The average molecular weight is 776 g/mol. The number of amides is 1. The number of aliphatic hydroxyl groups excluding tert-OH is 2. The Morgan fingerprint density at radius 2 is 0.855 bits per heavy atom. The summed E-state index contributed by atoms with van der Waals surface area (Å²) >= 11 is 0. The zero-order valence-corrected chi connectivity index (χ0v) is 36.7. The van der Waals surface area contributed by atoms with Gasteiger partial charge in [0.05, 0.1) is 25.4 Å². The fourth-order valence-corrected chi connectivity index (χ4v) is 7.21. The van der Waals surface area contributed by atoms with Gasteiger partial charge >= 0.3 is 5.97 Å². The van der Waals surface area contributed by atoms with Crippen molar-refractivity contribution in [1.82, 2.24) is 5.32 Å². The van der Waals surface area contributed by atoms with E-state index in [2.05, 4.69) is 31.3 Å². The third-order valence-electron chi connectivity index (χ3n) is 11.0. The maximum Gasteiger partial charge on any atom is 0.305 e. The van der Waals surface area contributed by atoms with Crippen molar-refractivity contribution >= 4 is 11.9 Å². The Labute approximate surface area is 341 Å². The minimum absolute atomic E-state index is 0.0298. The normalized spacial score (nSPS) is 12.9. The van der Waals surface area contributed by atoms with E-state index in [0.717, 1.165) is 83.5 Å². The highest BCUT2D eigenvalue weighted by atomic mass is 16.5. The number of hydrogen-bond acceptors (Lipinski definition) is 5. The van der Waals surface area contributed by atoms with Crippen molar-refractivity contribution in [2.45, 2.75) is 264 Å². The lowest BCUT2D eigenvalue weighted by Crippen LogP contribution is -2.45. The van der Waals surface area contributed by atoms with Gasteiger partial charge in [-0.1, -0.05) is 205 Å². The number of rotatable bonds is 44. The average Bonchev–Trinajstić information content (AvgIpc) is 3.18. The van der Waals surface area contributed by atoms with Gasteiger partial charge < -0.3 is 20.3 Å². The molecule has 324 valence electrons. The summed E-state index contributed by atoms with van der Waals surface area (Å²) in [5.74, 6) is -0.130. The van der Waals surface area contributed by atoms with Crippen molar-refractivity contribution in [2.24, 2.45) is 0 Å². The molecule has 3 N–H and O–H groups in total. The molecule has 0 aliphatic heterocycles. The number of esters is 1. The molecule has 0 heterocycles. The van der Waals surface area contributed by atoms with Gasteiger partial charge in [-0.2, -0.15) is 0 Å². The Hall–Kier alpha value is -1.66. The SMILES string of the molecule is CCCCCCCCC/C=C/C(O)C(CO)NC(=O)CCCCCCC/C=C\CCCCOC(=O)CCCCCCCCCCCCCCCCCCCC. The molecule has 0 aliphatic carbocycles. The predicted octanol–water partition coefficient (Wildman–Crippen LogP) is 14.0. The number of allylic oxidation sites excluding steroid dienone is 3. The highest BCUT2D eigenvalue weighted by Crippen LogP contribution is 2.15. The maximum atomic E-state index is 12.3. The number of unbranched alkanes of at least 4 members (excludes halogenated alkanes) is 31. The van der Waals surface area contributed by atoms with Crippen LogP contribution in [0, 0.1) is 0 Å². The lowest BCUT2D eigenvalue weighted by atomic mass is 10.0. The van der Waals surface area contributed by atoms with Crippen LogP contribution in [0.3, 0.4) is 0 Å². The Morgan fingerprint density at radius 1 is 0.491 bits per heavy atom. The molecular weight excluding hydrogens is 683 g/mol. The molecule has 0 bridgehead atoms. The summed E-state index contributed by atoms with van der Waals surface area (Å²) in [4.78, 5) is 24.4. The molecule has 0 aliphatic rings. The third kappa shape index (κ3) is 41.8. The first-order chi connectivity index (χ1) is 27.0. The van der Waals surface area contributed by atoms with Gasteiger partial charge in [0, 0.05) is 12.8 Å². The Bertz CT molecular complexity index is 858. The zero-order valence-electron chi connectivity index (χ0n) is 36.7. The van der Waals surface area contributed by atoms with E-state index in [1.54, 1.807) is 6.08 Å². The van der Waals surface area contributed by atoms with Crippen molar-refractivity contribution in [3.63, 3.8) is 0 Å². The summed E-state index contributed by atoms with van der Waals surface area (Å²) < 4.78 is 5.44. The van der Waals surface area contributed by atoms with Gasteiger partial charge in [0.15, 0.2) is 0 Å². The first-order valence-electron chi connectivity index (χ1n) is 24.1. The van der Waals surface area contributed by atoms with E-state index in [4.69, 9.17) is 4.74 Å². The number of hydrogen-bond donors (Lipinski definition) is 3. The van der Waals surface area contributed by atoms with Gasteiger partial charge in [-0.15, -0.1) is 0 Å². The lowest BCUT2D eigenvalue weighted by molar-refractivity contribution is -0.143. The largest absolute Gasteiger partial charge is 0.466 e. The van der Waals surface area contributed by atoms with Crippen LogP contribution in [-0.4, -0.2) is 47.4 Å². The maximum absolute atomic E-state index is 12.3. The molecule has 2 unspecified atom stereocenters. The van der Waals surface area contributed by atoms with Crippen LogP contribution < -0.4 is 5.32 Å². The fourth-order valence-electron chi connectivity index (χ4n) is 7.21. The van der Waals surface area contributed by atoms with Crippen LogP contribution in [0.15, 0.2) is 24.3 Å². The Balaban J connectivity index is 3.49. The highest BCUT2D eigenvalue weighted by molar-refractivity contribution is 5.76. The van der Waals surface area contributed by atoms with E-state index in [1.165, 1.54) is 141 Å². The van der Waals surface area contributed by atoms with E-state index in [-0.39, 0.29) is 18.5 Å². The summed E-state index contributed by atoms with van der Waals surface area (Å²) in [5.41, 5.74) is 0. The van der Waals surface area contributed by atoms with E-state index >= 15 is 0 Å². The summed E-state index contributed by atoms with van der Waals surface area (Å²) in [7, 11) is 0. The molecule has 0 radical (unpaired) electrons. The Kier molecular flexibility index (Phi) is 43.7. The van der Waals surface area contributed by atoms with Crippen LogP contribution in [-0.2, 0) is 14.3 Å². The van der Waals surface area contributed by atoms with Gasteiger partial charge in [-0.3, -0.25) is 9.59 Å². The van der Waals surface area contributed by atoms with Crippen molar-refractivity contribution in [3.8, 4) is 0 Å². The van der Waals surface area contributed by atoms with Gasteiger partial charge in [0.1, 0.15) is 0 Å². The van der Waals surface area contributed by atoms with Crippen LogP contribution in [0.2, 0.25) is 0 Å². The van der Waals surface area contributed by atoms with Crippen LogP contribution >= 0.6 is 0 Å². The number of aliphatic hydroxyl groups is 2. The minimum atomic E-state index is -0.859. The molecule has 0 saturated carbocycles. The molecule has 55 heavy (non-hydrogen) atoms. The molecule has 0 fully saturated rings. The first-order valence-corrected chi connectivity index (χ1v) is 24.1. The number of carbonyl (C=O) groups is 2. The lowest BCUT2D eigenvalue weighted by Gasteiger charge is -2.20. The van der Waals surface area contributed by atoms with Gasteiger partial charge in [-0.05, 0) is 57.8 Å². The Morgan fingerprint density at radius 3 is 1.29 bits per heavy atom. The summed E-state index contributed by atoms with van der Waals surface area (Å²) in [6.45, 7) is 4.79. The van der Waals surface area contributed by atoms with Crippen molar-refractivity contribution in [2.75, 3.05) is 13.2 Å². The predicted molar refractivity (Wildman–Crippen MR) is 236 cm³/mol. The first kappa shape index (κ1) is 53.3. The molecule has 0 saturated heterocycles. The van der Waals surface area contributed by atoms with E-state index in [9.17, 15) is 19.8 Å². The van der Waals surface area contributed by atoms with Crippen molar-refractivity contribution in [3.05, 3.63) is 24.3 Å². The second kappa shape index (κ2) is 45.0. The smallest absolute Gasteiger partial charge is 0.305 e. The number of nitrogens with one attached hydrogen (secondary N) is 1. The van der Waals surface area contributed by atoms with Crippen molar-refractivity contribution < 1.29 is 24.5 Å². The second-order valence-electron chi connectivity index (χ2n) is 16.4. The van der Waals surface area contributed by atoms with Gasteiger partial charge in [0.25, 0.3) is 0 Å². The molecule has 0 aromatic carbocycles. The summed E-state index contributed by atoms with van der Waals surface area (Å²) in [5, 5.41) is 22.8. The molecule has 0 aromatic rings. The standard InChI is InChI=1S/C49H93NO5/c1-3-5-7-9-11-13-14-15-16-17-18-19-20-23-27-31-35-39-43-49(54)55-44-40-36-32-28-24-21-22-26-30-34-38-42-48(53)50-46(45-51)47(52)41-37-33-29-25-12-10-8-6-4-2/h24,28,37,41,46-47,51-52H,3-23,25-27,29-36,38-40,42-45H2,1-2H3,(H,50,53)/b28-24-,41-37+. The van der Waals surface area contributed by atoms with Crippen LogP contribution in [0.25, 0.3) is 0 Å². The van der Waals surface area contributed by atoms with Gasteiger partial charge in [-0.25, -0.2) is 0 Å². The number of carbonyl (C=O) groups excluding carboxylic acids is 2. The molecule has 0 aromatic heterocycles. The molecule has 0 spiro atoms. The second-order valence-corrected chi connectivity index (χ2v) is 16.4. The van der Waals surface area contributed by atoms with Crippen LogP contribution in [0.5, 0.6) is 0 Å². The minimum Gasteiger partial charge on any atom is -0.466 e. The third-order valence-corrected chi connectivity index (χ3v) is 11.0. The highest BCUT2D eigenvalue weighted by Gasteiger charge is 2.18. The van der Waals surface area contributed by atoms with E-state index in [1.807, 2.05) is 6.08 Å². The van der Waals surface area contributed by atoms with Crippen LogP contribution in [0.4, 0.5) is 0 Å². The van der Waals surface area contributed by atoms with Crippen molar-refractivity contribution in [1.29, 1.82) is 0 Å². The molecular formula is C49H93NO5. The molecule has 0 rings (SSSR count). The summed E-state index contributed by atoms with van der Waals surface area (Å²) in [6.07, 6.45) is 51.8. The topological polar surface area (TPSA) is 95.9 Å². The fraction of sp³-hybridized carbons (Fsp3) is 0.878. The molecule has 1 amide bonds. The van der Waals surface area contributed by atoms with Crippen LogP contribution in [0.1, 0.15) is 251 Å².